The minimum atomic E-state index is -0.968. The summed E-state index contributed by atoms with van der Waals surface area (Å²) in [6.07, 6.45) is 5.84. The summed E-state index contributed by atoms with van der Waals surface area (Å²) in [4.78, 5) is 20.2. The van der Waals surface area contributed by atoms with Gasteiger partial charge in [0.2, 0.25) is 0 Å². The van der Waals surface area contributed by atoms with E-state index in [2.05, 4.69) is 32.8 Å². The standard InChI is InChI=1S/C9H7N.C5H8N2O.C2H5NO2/c1-2-6-9-8(4-1)5-3-7-10-9;8-4-1-5-6-2-3-7-5;3-1-2(4)5/h1-7H;2-3,8H,1,4H2,(H,6,7);1,3H2,(H,4,5). The predicted octanol–water partition coefficient (Wildman–Crippen LogP) is 1.21. The van der Waals surface area contributed by atoms with Crippen molar-refractivity contribution in [1.29, 1.82) is 0 Å². The predicted molar refractivity (Wildman–Crippen MR) is 87.8 cm³/mol. The lowest BCUT2D eigenvalue weighted by molar-refractivity contribution is -0.135. The number of aliphatic carboxylic acids is 1. The zero-order chi connectivity index (χ0) is 16.9. The first-order valence-electron chi connectivity index (χ1n) is 6.98. The maximum Gasteiger partial charge on any atom is 0.317 e. The SMILES string of the molecule is NCC(=O)O.OCCc1ncc[nH]1.c1ccc2ncccc2c1. The fourth-order valence-corrected chi connectivity index (χ4v) is 1.56. The smallest absolute Gasteiger partial charge is 0.317 e. The van der Waals surface area contributed by atoms with Gasteiger partial charge in [-0.25, -0.2) is 4.98 Å². The highest BCUT2D eigenvalue weighted by Crippen LogP contribution is 2.07. The number of para-hydroxylation sites is 1. The minimum absolute atomic E-state index is 0.160. The van der Waals surface area contributed by atoms with Crippen LogP contribution in [0.3, 0.4) is 0 Å². The summed E-state index contributed by atoms with van der Waals surface area (Å²) in [5.74, 6) is -0.127. The summed E-state index contributed by atoms with van der Waals surface area (Å²) >= 11 is 0. The van der Waals surface area contributed by atoms with E-state index in [0.29, 0.717) is 6.42 Å². The molecule has 5 N–H and O–H groups in total. The maximum absolute atomic E-state index is 9.24. The van der Waals surface area contributed by atoms with E-state index in [-0.39, 0.29) is 13.2 Å². The molecule has 1 aromatic carbocycles. The number of aliphatic hydroxyl groups is 1. The van der Waals surface area contributed by atoms with Gasteiger partial charge in [-0.15, -0.1) is 0 Å². The third kappa shape index (κ3) is 7.70. The van der Waals surface area contributed by atoms with E-state index in [1.54, 1.807) is 12.4 Å². The summed E-state index contributed by atoms with van der Waals surface area (Å²) < 4.78 is 0. The molecule has 0 atom stereocenters. The Labute approximate surface area is 133 Å². The first-order chi connectivity index (χ1) is 11.2. The number of fused-ring (bicyclic) bond motifs is 1. The number of aliphatic hydroxyl groups excluding tert-OH is 1. The van der Waals surface area contributed by atoms with Gasteiger partial charge < -0.3 is 20.9 Å². The first kappa shape index (κ1) is 18.3. The van der Waals surface area contributed by atoms with Crippen molar-refractivity contribution in [3.05, 3.63) is 60.8 Å². The fraction of sp³-hybridized carbons (Fsp3) is 0.188. The van der Waals surface area contributed by atoms with Crippen LogP contribution in [-0.2, 0) is 11.2 Å². The Morgan fingerprint density at radius 2 is 1.83 bits per heavy atom. The molecule has 3 rings (SSSR count). The summed E-state index contributed by atoms with van der Waals surface area (Å²) in [7, 11) is 0. The number of H-pyrrole nitrogens is 1. The molecule has 0 saturated carbocycles. The van der Waals surface area contributed by atoms with Crippen LogP contribution in [0, 0.1) is 0 Å². The summed E-state index contributed by atoms with van der Waals surface area (Å²) in [5.41, 5.74) is 5.63. The van der Waals surface area contributed by atoms with E-state index in [4.69, 9.17) is 10.2 Å². The molecule has 3 aromatic rings. The van der Waals surface area contributed by atoms with Crippen molar-refractivity contribution < 1.29 is 15.0 Å². The lowest BCUT2D eigenvalue weighted by Gasteiger charge is -1.91. The Morgan fingerprint density at radius 3 is 2.39 bits per heavy atom. The third-order valence-corrected chi connectivity index (χ3v) is 2.59. The van der Waals surface area contributed by atoms with Crippen molar-refractivity contribution in [2.45, 2.75) is 6.42 Å². The number of carboxylic acid groups (broad SMARTS) is 1. The molecular weight excluding hydrogens is 296 g/mol. The Kier molecular flexibility index (Phi) is 8.65. The summed E-state index contributed by atoms with van der Waals surface area (Å²) in [5, 5.41) is 17.2. The highest BCUT2D eigenvalue weighted by Gasteiger charge is 1.88. The first-order valence-corrected chi connectivity index (χ1v) is 6.98. The van der Waals surface area contributed by atoms with Crippen LogP contribution < -0.4 is 5.73 Å². The second-order valence-corrected chi connectivity index (χ2v) is 4.30. The zero-order valence-corrected chi connectivity index (χ0v) is 12.6. The van der Waals surface area contributed by atoms with Gasteiger partial charge in [0.25, 0.3) is 0 Å². The van der Waals surface area contributed by atoms with Crippen LogP contribution in [0.4, 0.5) is 0 Å². The average molecular weight is 316 g/mol. The van der Waals surface area contributed by atoms with Gasteiger partial charge in [0.05, 0.1) is 18.7 Å². The van der Waals surface area contributed by atoms with Crippen LogP contribution in [0.5, 0.6) is 0 Å². The molecule has 0 amide bonds. The summed E-state index contributed by atoms with van der Waals surface area (Å²) in [6.45, 7) is -0.118. The number of nitrogens with two attached hydrogens (primary N) is 1. The average Bonchev–Trinajstić information content (AvgIpc) is 3.10. The van der Waals surface area contributed by atoms with Crippen molar-refractivity contribution in [2.24, 2.45) is 5.73 Å². The molecule has 0 fully saturated rings. The molecule has 0 bridgehead atoms. The largest absolute Gasteiger partial charge is 0.480 e. The van der Waals surface area contributed by atoms with Crippen LogP contribution in [0.1, 0.15) is 5.82 Å². The molecule has 7 nitrogen and oxygen atoms in total. The fourth-order valence-electron chi connectivity index (χ4n) is 1.56. The molecule has 0 saturated heterocycles. The highest BCUT2D eigenvalue weighted by atomic mass is 16.4. The number of carboxylic acids is 1. The Hall–Kier alpha value is -2.77. The van der Waals surface area contributed by atoms with Gasteiger partial charge in [-0.05, 0) is 12.1 Å². The number of nitrogens with zero attached hydrogens (tertiary/aromatic N) is 2. The van der Waals surface area contributed by atoms with Crippen LogP contribution in [0.15, 0.2) is 55.0 Å². The normalized spacial score (nSPS) is 9.30. The molecule has 2 heterocycles. The second kappa shape index (κ2) is 10.9. The van der Waals surface area contributed by atoms with E-state index in [0.717, 1.165) is 11.3 Å². The van der Waals surface area contributed by atoms with Crippen LogP contribution >= 0.6 is 0 Å². The molecule has 0 aliphatic carbocycles. The quantitative estimate of drug-likeness (QED) is 0.575. The number of aromatic amines is 1. The number of hydrogen-bond acceptors (Lipinski definition) is 5. The zero-order valence-electron chi connectivity index (χ0n) is 12.6. The maximum atomic E-state index is 9.24. The van der Waals surface area contributed by atoms with Crippen LogP contribution in [0.25, 0.3) is 10.9 Å². The molecule has 7 heteroatoms. The molecule has 2 aromatic heterocycles. The van der Waals surface area contributed by atoms with Gasteiger partial charge >= 0.3 is 5.97 Å². The number of pyridine rings is 1. The second-order valence-electron chi connectivity index (χ2n) is 4.30. The molecule has 0 aliphatic rings. The minimum Gasteiger partial charge on any atom is -0.480 e. The number of benzene rings is 1. The van der Waals surface area contributed by atoms with E-state index in [1.165, 1.54) is 5.39 Å². The van der Waals surface area contributed by atoms with Gasteiger partial charge in [-0.3, -0.25) is 9.78 Å². The van der Waals surface area contributed by atoms with E-state index in [1.807, 2.05) is 30.5 Å². The molecule has 122 valence electrons. The van der Waals surface area contributed by atoms with E-state index >= 15 is 0 Å². The Morgan fingerprint density at radius 1 is 1.13 bits per heavy atom. The number of nitrogens with one attached hydrogen (secondary N) is 1. The Balaban J connectivity index is 0.000000184. The Bertz CT molecular complexity index is 621. The number of rotatable bonds is 3. The molecular formula is C16H20N4O3. The van der Waals surface area contributed by atoms with Crippen molar-refractivity contribution >= 4 is 16.9 Å². The molecule has 0 unspecified atom stereocenters. The van der Waals surface area contributed by atoms with Gasteiger partial charge in [-0.1, -0.05) is 24.3 Å². The van der Waals surface area contributed by atoms with Crippen molar-refractivity contribution in [3.8, 4) is 0 Å². The number of imidazole rings is 1. The molecule has 0 spiro atoms. The van der Waals surface area contributed by atoms with Gasteiger partial charge in [0.1, 0.15) is 5.82 Å². The number of carbonyl (C=O) groups is 1. The van der Waals surface area contributed by atoms with Gasteiger partial charge in [0.15, 0.2) is 0 Å². The van der Waals surface area contributed by atoms with Gasteiger partial charge in [0, 0.05) is 30.4 Å². The molecule has 0 radical (unpaired) electrons. The van der Waals surface area contributed by atoms with Crippen molar-refractivity contribution in [3.63, 3.8) is 0 Å². The molecule has 23 heavy (non-hydrogen) atoms. The lowest BCUT2D eigenvalue weighted by atomic mass is 10.2. The monoisotopic (exact) mass is 316 g/mol. The topological polar surface area (TPSA) is 125 Å². The van der Waals surface area contributed by atoms with Crippen molar-refractivity contribution in [2.75, 3.05) is 13.2 Å². The third-order valence-electron chi connectivity index (χ3n) is 2.59. The van der Waals surface area contributed by atoms with E-state index in [9.17, 15) is 4.79 Å². The number of aromatic nitrogens is 3. The van der Waals surface area contributed by atoms with Crippen LogP contribution in [0.2, 0.25) is 0 Å². The van der Waals surface area contributed by atoms with E-state index < -0.39 is 5.97 Å². The number of hydrogen-bond donors (Lipinski definition) is 4. The van der Waals surface area contributed by atoms with Gasteiger partial charge in [-0.2, -0.15) is 0 Å². The lowest BCUT2D eigenvalue weighted by Crippen LogP contribution is -2.10. The highest BCUT2D eigenvalue weighted by molar-refractivity contribution is 5.77. The van der Waals surface area contributed by atoms with Crippen LogP contribution in [-0.4, -0.2) is 44.3 Å². The van der Waals surface area contributed by atoms with Crippen molar-refractivity contribution in [1.82, 2.24) is 15.0 Å². The summed E-state index contributed by atoms with van der Waals surface area (Å²) in [6, 6.07) is 12.1. The molecule has 0 aliphatic heterocycles.